The minimum absolute atomic E-state index is 0.0800. The first-order valence-corrected chi connectivity index (χ1v) is 13.5. The maximum absolute atomic E-state index is 12.6. The molecule has 200 valence electrons. The van der Waals surface area contributed by atoms with Gasteiger partial charge in [-0.1, -0.05) is 13.8 Å². The summed E-state index contributed by atoms with van der Waals surface area (Å²) < 4.78 is 11.6. The van der Waals surface area contributed by atoms with Gasteiger partial charge in [-0.15, -0.1) is 0 Å². The van der Waals surface area contributed by atoms with E-state index in [2.05, 4.69) is 13.8 Å². The zero-order valence-electron chi connectivity index (χ0n) is 22.5. The highest BCUT2D eigenvalue weighted by atomic mass is 16.5. The Morgan fingerprint density at radius 2 is 1.00 bits per heavy atom. The molecule has 6 heteroatoms. The molecule has 0 aromatic heterocycles. The molecule has 6 nitrogen and oxygen atoms in total. The highest BCUT2D eigenvalue weighted by molar-refractivity contribution is 5.90. The monoisotopic (exact) mass is 508 g/mol. The average molecular weight is 509 g/mol. The Kier molecular flexibility index (Phi) is 8.15. The number of carbonyl (C=O) groups is 2. The third-order valence-corrected chi connectivity index (χ3v) is 8.60. The molecule has 2 aromatic carbocycles. The van der Waals surface area contributed by atoms with Crippen molar-refractivity contribution in [3.8, 4) is 11.5 Å². The SMILES string of the molecule is Cc1cc(O)cc(C(=O)OC2CCC(C(C)(C)C3CCC(OC(=O)c4cc(C)cc(O)c4)CC3)CC2)c1. The summed E-state index contributed by atoms with van der Waals surface area (Å²) in [5.41, 5.74) is 2.62. The molecule has 0 atom stereocenters. The van der Waals surface area contributed by atoms with E-state index in [9.17, 15) is 19.8 Å². The van der Waals surface area contributed by atoms with Crippen LogP contribution in [0.2, 0.25) is 0 Å². The van der Waals surface area contributed by atoms with Crippen LogP contribution in [0.25, 0.3) is 0 Å². The van der Waals surface area contributed by atoms with E-state index >= 15 is 0 Å². The van der Waals surface area contributed by atoms with E-state index in [1.807, 2.05) is 13.8 Å². The number of aryl methyl sites for hydroxylation is 2. The fourth-order valence-corrected chi connectivity index (χ4v) is 6.38. The van der Waals surface area contributed by atoms with Gasteiger partial charge < -0.3 is 19.7 Å². The fraction of sp³-hybridized carbons (Fsp3) is 0.548. The van der Waals surface area contributed by atoms with E-state index < -0.39 is 0 Å². The number of carbonyl (C=O) groups excluding carboxylic acids is 2. The maximum atomic E-state index is 12.6. The van der Waals surface area contributed by atoms with Gasteiger partial charge in [-0.25, -0.2) is 9.59 Å². The van der Waals surface area contributed by atoms with Gasteiger partial charge in [-0.2, -0.15) is 0 Å². The molecule has 2 fully saturated rings. The van der Waals surface area contributed by atoms with Crippen LogP contribution in [0.1, 0.15) is 97.1 Å². The van der Waals surface area contributed by atoms with Crippen LogP contribution in [0.5, 0.6) is 11.5 Å². The van der Waals surface area contributed by atoms with Gasteiger partial charge in [0.05, 0.1) is 11.1 Å². The maximum Gasteiger partial charge on any atom is 0.338 e. The number of hydrogen-bond acceptors (Lipinski definition) is 6. The molecule has 0 spiro atoms. The van der Waals surface area contributed by atoms with E-state index in [0.717, 1.165) is 62.5 Å². The molecule has 2 aromatic rings. The van der Waals surface area contributed by atoms with Crippen molar-refractivity contribution >= 4 is 11.9 Å². The van der Waals surface area contributed by atoms with Gasteiger partial charge in [-0.05, 0) is 130 Å². The molecule has 0 bridgehead atoms. The Morgan fingerprint density at radius 3 is 1.32 bits per heavy atom. The van der Waals surface area contributed by atoms with Crippen molar-refractivity contribution in [2.75, 3.05) is 0 Å². The average Bonchev–Trinajstić information content (AvgIpc) is 2.83. The molecule has 37 heavy (non-hydrogen) atoms. The summed E-state index contributed by atoms with van der Waals surface area (Å²) in [6.45, 7) is 8.42. The van der Waals surface area contributed by atoms with Gasteiger partial charge in [0, 0.05) is 0 Å². The van der Waals surface area contributed by atoms with Crippen LogP contribution in [0.3, 0.4) is 0 Å². The van der Waals surface area contributed by atoms with Crippen LogP contribution in [-0.2, 0) is 9.47 Å². The molecule has 0 radical (unpaired) electrons. The Labute approximate surface area is 220 Å². The van der Waals surface area contributed by atoms with Crippen LogP contribution in [-0.4, -0.2) is 34.4 Å². The Morgan fingerprint density at radius 1 is 0.649 bits per heavy atom. The number of aromatic hydroxyl groups is 2. The van der Waals surface area contributed by atoms with Crippen LogP contribution in [0.15, 0.2) is 36.4 Å². The number of phenols is 2. The summed E-state index contributed by atoms with van der Waals surface area (Å²) in [6.07, 6.45) is 7.35. The number of ether oxygens (including phenoxy) is 2. The van der Waals surface area contributed by atoms with Crippen molar-refractivity contribution in [1.29, 1.82) is 0 Å². The first-order chi connectivity index (χ1) is 17.5. The molecule has 4 rings (SSSR count). The van der Waals surface area contributed by atoms with Gasteiger partial charge in [0.25, 0.3) is 0 Å². The minimum Gasteiger partial charge on any atom is -0.508 e. The predicted molar refractivity (Wildman–Crippen MR) is 142 cm³/mol. The van der Waals surface area contributed by atoms with Crippen LogP contribution >= 0.6 is 0 Å². The van der Waals surface area contributed by atoms with Crippen molar-refractivity contribution in [1.82, 2.24) is 0 Å². The lowest BCUT2D eigenvalue weighted by atomic mass is 9.60. The van der Waals surface area contributed by atoms with Gasteiger partial charge >= 0.3 is 11.9 Å². The Bertz CT molecular complexity index is 993. The first-order valence-electron chi connectivity index (χ1n) is 13.5. The molecule has 0 saturated heterocycles. The summed E-state index contributed by atoms with van der Waals surface area (Å²) in [5, 5.41) is 19.6. The lowest BCUT2D eigenvalue weighted by Gasteiger charge is -2.46. The van der Waals surface area contributed by atoms with Gasteiger partial charge in [0.2, 0.25) is 0 Å². The highest BCUT2D eigenvalue weighted by Gasteiger charge is 2.41. The second-order valence-corrected chi connectivity index (χ2v) is 11.7. The highest BCUT2D eigenvalue weighted by Crippen LogP contribution is 2.49. The topological polar surface area (TPSA) is 93.1 Å². The minimum atomic E-state index is -0.365. The second kappa shape index (κ2) is 11.2. The largest absolute Gasteiger partial charge is 0.508 e. The smallest absolute Gasteiger partial charge is 0.338 e. The van der Waals surface area contributed by atoms with Gasteiger partial charge in [-0.3, -0.25) is 0 Å². The van der Waals surface area contributed by atoms with E-state index in [1.54, 1.807) is 24.3 Å². The molecule has 2 saturated carbocycles. The third-order valence-electron chi connectivity index (χ3n) is 8.60. The third kappa shape index (κ3) is 6.65. The lowest BCUT2D eigenvalue weighted by Crippen LogP contribution is -2.39. The second-order valence-electron chi connectivity index (χ2n) is 11.7. The fourth-order valence-electron chi connectivity index (χ4n) is 6.38. The van der Waals surface area contributed by atoms with E-state index in [1.165, 1.54) is 12.1 Å². The van der Waals surface area contributed by atoms with Crippen molar-refractivity contribution in [2.45, 2.75) is 91.3 Å². The molecule has 0 aliphatic heterocycles. The summed E-state index contributed by atoms with van der Waals surface area (Å²) >= 11 is 0. The molecule has 0 amide bonds. The van der Waals surface area contributed by atoms with Crippen molar-refractivity contribution in [2.24, 2.45) is 17.3 Å². The number of hydrogen-bond donors (Lipinski definition) is 2. The molecule has 2 aliphatic carbocycles. The normalized spacial score (nSPS) is 24.3. The number of esters is 2. The van der Waals surface area contributed by atoms with Crippen LogP contribution in [0, 0.1) is 31.1 Å². The summed E-state index contributed by atoms with van der Waals surface area (Å²) in [7, 11) is 0. The zero-order chi connectivity index (χ0) is 26.7. The Hall–Kier alpha value is -3.02. The van der Waals surface area contributed by atoms with Gasteiger partial charge in [0.15, 0.2) is 0 Å². The Balaban J connectivity index is 1.25. The summed E-state index contributed by atoms with van der Waals surface area (Å²) in [5.74, 6) is 0.549. The quantitative estimate of drug-likeness (QED) is 0.414. The van der Waals surface area contributed by atoms with E-state index in [4.69, 9.17) is 9.47 Å². The zero-order valence-corrected chi connectivity index (χ0v) is 22.5. The molecular weight excluding hydrogens is 468 g/mol. The first kappa shape index (κ1) is 27.0. The molecule has 0 heterocycles. The van der Waals surface area contributed by atoms with E-state index in [-0.39, 0.29) is 41.1 Å². The number of benzene rings is 2. The van der Waals surface area contributed by atoms with E-state index in [0.29, 0.717) is 23.0 Å². The summed E-state index contributed by atoms with van der Waals surface area (Å²) in [6, 6.07) is 9.66. The van der Waals surface area contributed by atoms with Gasteiger partial charge in [0.1, 0.15) is 23.7 Å². The molecule has 2 aliphatic rings. The molecule has 0 unspecified atom stereocenters. The standard InChI is InChI=1S/C31H40O6/c1-19-13-21(17-25(32)15-19)29(34)36-27-9-5-23(6-10-27)31(3,4)24-7-11-28(12-8-24)37-30(35)22-14-20(2)16-26(33)18-22/h13-18,23-24,27-28,32-33H,5-12H2,1-4H3. The number of rotatable bonds is 6. The van der Waals surface area contributed by atoms with Crippen molar-refractivity contribution < 1.29 is 29.3 Å². The number of phenolic OH excluding ortho intramolecular Hbond substituents is 2. The van der Waals surface area contributed by atoms with Crippen molar-refractivity contribution in [3.63, 3.8) is 0 Å². The van der Waals surface area contributed by atoms with Crippen LogP contribution < -0.4 is 0 Å². The lowest BCUT2D eigenvalue weighted by molar-refractivity contribution is -0.0199. The molecular formula is C31H40O6. The molecule has 2 N–H and O–H groups in total. The predicted octanol–water partition coefficient (Wildman–Crippen LogP) is 6.87. The van der Waals surface area contributed by atoms with Crippen LogP contribution in [0.4, 0.5) is 0 Å². The summed E-state index contributed by atoms with van der Waals surface area (Å²) in [4.78, 5) is 25.2. The van der Waals surface area contributed by atoms with Crippen molar-refractivity contribution in [3.05, 3.63) is 58.7 Å².